The molecule has 1 saturated carbocycles. The summed E-state index contributed by atoms with van der Waals surface area (Å²) in [5, 5.41) is 2.64. The smallest absolute Gasteiger partial charge is 0.252 e. The number of nitrogens with zero attached hydrogens (tertiary/aromatic N) is 3. The van der Waals surface area contributed by atoms with E-state index in [1.54, 1.807) is 5.56 Å². The molecule has 5 heteroatoms. The first-order valence-corrected chi connectivity index (χ1v) is 28.2. The molecule has 3 aliphatic heterocycles. The van der Waals surface area contributed by atoms with Crippen LogP contribution < -0.4 is 31.1 Å². The van der Waals surface area contributed by atoms with Gasteiger partial charge in [-0.05, 0) is 178 Å². The maximum atomic E-state index is 2.85. The van der Waals surface area contributed by atoms with Crippen LogP contribution in [0.25, 0.3) is 31.3 Å². The van der Waals surface area contributed by atoms with Gasteiger partial charge in [0.1, 0.15) is 0 Å². The minimum Gasteiger partial charge on any atom is -0.334 e. The summed E-state index contributed by atoms with van der Waals surface area (Å²) in [7, 11) is 0. The molecular formula is C69H68BN3S. The highest BCUT2D eigenvalue weighted by atomic mass is 32.1. The van der Waals surface area contributed by atoms with E-state index in [9.17, 15) is 0 Å². The number of thiophene rings is 1. The van der Waals surface area contributed by atoms with Crippen molar-refractivity contribution in [3.63, 3.8) is 0 Å². The Morgan fingerprint density at radius 2 is 1.09 bits per heavy atom. The van der Waals surface area contributed by atoms with Gasteiger partial charge in [-0.2, -0.15) is 0 Å². The lowest BCUT2D eigenvalue weighted by Crippen LogP contribution is -2.62. The number of fused-ring (bicyclic) bond motifs is 13. The highest BCUT2D eigenvalue weighted by Gasteiger charge is 2.59. The third-order valence-corrected chi connectivity index (χ3v) is 20.2. The molecule has 8 aromatic carbocycles. The van der Waals surface area contributed by atoms with Crippen molar-refractivity contribution in [1.29, 1.82) is 0 Å². The zero-order valence-corrected chi connectivity index (χ0v) is 46.3. The van der Waals surface area contributed by atoms with Gasteiger partial charge < -0.3 is 14.7 Å². The Hall–Kier alpha value is -6.56. The molecule has 1 aromatic heterocycles. The Balaban J connectivity index is 1.12. The van der Waals surface area contributed by atoms with Crippen LogP contribution in [0.1, 0.15) is 134 Å². The predicted octanol–water partition coefficient (Wildman–Crippen LogP) is 17.4. The lowest BCUT2D eigenvalue weighted by molar-refractivity contribution is 0.194. The van der Waals surface area contributed by atoms with E-state index in [2.05, 4.69) is 243 Å². The van der Waals surface area contributed by atoms with E-state index in [0.29, 0.717) is 0 Å². The number of aryl methyl sites for hydroxylation is 2. The van der Waals surface area contributed by atoms with Gasteiger partial charge in [-0.1, -0.05) is 154 Å². The predicted molar refractivity (Wildman–Crippen MR) is 321 cm³/mol. The molecule has 0 spiro atoms. The topological polar surface area (TPSA) is 9.72 Å². The van der Waals surface area contributed by atoms with Crippen molar-refractivity contribution >= 4 is 100 Å². The van der Waals surface area contributed by atoms with Gasteiger partial charge in [-0.15, -0.1) is 11.3 Å². The molecule has 2 atom stereocenters. The summed E-state index contributed by atoms with van der Waals surface area (Å²) in [5.41, 5.74) is 26.3. The molecule has 3 nitrogen and oxygen atoms in total. The molecule has 2 unspecified atom stereocenters. The molecule has 4 heterocycles. The quantitative estimate of drug-likeness (QED) is 0.163. The maximum Gasteiger partial charge on any atom is 0.252 e. The van der Waals surface area contributed by atoms with Crippen molar-refractivity contribution in [3.8, 4) is 11.1 Å². The molecular weight excluding hydrogens is 914 g/mol. The van der Waals surface area contributed by atoms with Gasteiger partial charge in [0.05, 0.1) is 5.54 Å². The van der Waals surface area contributed by atoms with Crippen LogP contribution in [0.15, 0.2) is 146 Å². The largest absolute Gasteiger partial charge is 0.334 e. The molecule has 14 rings (SSSR count). The van der Waals surface area contributed by atoms with Crippen molar-refractivity contribution in [1.82, 2.24) is 0 Å². The fourth-order valence-electron chi connectivity index (χ4n) is 15.1. The molecule has 9 aromatic rings. The molecule has 5 aliphatic rings. The molecule has 2 aliphatic carbocycles. The number of anilines is 8. The highest BCUT2D eigenvalue weighted by Crippen LogP contribution is 2.63. The zero-order valence-electron chi connectivity index (χ0n) is 45.5. The summed E-state index contributed by atoms with van der Waals surface area (Å²) < 4.78 is 2.65. The van der Waals surface area contributed by atoms with Crippen LogP contribution in [0.4, 0.5) is 45.5 Å². The van der Waals surface area contributed by atoms with Crippen LogP contribution in [0, 0.1) is 13.8 Å². The number of rotatable bonds is 3. The van der Waals surface area contributed by atoms with Crippen molar-refractivity contribution in [2.24, 2.45) is 0 Å². The second-order valence-corrected chi connectivity index (χ2v) is 26.9. The molecule has 0 N–H and O–H groups in total. The first kappa shape index (κ1) is 46.0. The zero-order chi connectivity index (χ0) is 51.2. The Morgan fingerprint density at radius 1 is 0.500 bits per heavy atom. The third-order valence-electron chi connectivity index (χ3n) is 19.0. The van der Waals surface area contributed by atoms with Gasteiger partial charge in [0.15, 0.2) is 0 Å². The number of benzene rings is 8. The average Bonchev–Trinajstić information content (AvgIpc) is 3.96. The van der Waals surface area contributed by atoms with Crippen LogP contribution in [0.3, 0.4) is 0 Å². The minimum atomic E-state index is -0.154. The summed E-state index contributed by atoms with van der Waals surface area (Å²) >= 11 is 1.90. The normalized spacial score (nSPS) is 20.1. The van der Waals surface area contributed by atoms with E-state index in [4.69, 9.17) is 0 Å². The lowest BCUT2D eigenvalue weighted by atomic mass is 9.33. The van der Waals surface area contributed by atoms with Gasteiger partial charge in [0.25, 0.3) is 6.71 Å². The number of hydrogen-bond donors (Lipinski definition) is 0. The maximum absolute atomic E-state index is 2.85. The van der Waals surface area contributed by atoms with E-state index in [1.807, 2.05) is 11.3 Å². The summed E-state index contributed by atoms with van der Waals surface area (Å²) in [4.78, 5) is 8.21. The standard InChI is InChI=1S/C69H68BN3S/c1-41-33-42(2)63-58(34-41)73(69(12)32-18-17-31-68(63,69)11)47-39-59-64-60(40-47)72(46-25-27-49-48-19-13-15-21-52(48)67(9,10)53(49)38-46)57-29-24-44(66(6,7)8)36-55(57)70(64)54-35-43(65(3,4)5)23-28-56(54)71(59)45-26-30-62-51(37-45)50-20-14-16-22-61(50)74-62/h13-16,19-30,33-40H,17-18,31-32H2,1-12H3. The Bertz CT molecular complexity index is 3900. The monoisotopic (exact) mass is 982 g/mol. The molecule has 368 valence electrons. The van der Waals surface area contributed by atoms with E-state index >= 15 is 0 Å². The summed E-state index contributed by atoms with van der Waals surface area (Å²) in [5.74, 6) is 0. The highest BCUT2D eigenvalue weighted by molar-refractivity contribution is 7.25. The van der Waals surface area contributed by atoms with Gasteiger partial charge in [0, 0.05) is 76.5 Å². The molecule has 0 saturated heterocycles. The average molecular weight is 982 g/mol. The van der Waals surface area contributed by atoms with Crippen LogP contribution in [-0.2, 0) is 21.7 Å². The Labute approximate surface area is 444 Å². The number of hydrogen-bond acceptors (Lipinski definition) is 4. The summed E-state index contributed by atoms with van der Waals surface area (Å²) in [6.45, 7) is 28.9. The molecule has 0 amide bonds. The van der Waals surface area contributed by atoms with Crippen LogP contribution in [0.2, 0.25) is 0 Å². The molecule has 0 radical (unpaired) electrons. The van der Waals surface area contributed by atoms with Crippen molar-refractivity contribution in [2.75, 3.05) is 14.7 Å². The molecule has 0 bridgehead atoms. The van der Waals surface area contributed by atoms with E-state index in [1.165, 1.54) is 146 Å². The van der Waals surface area contributed by atoms with Crippen molar-refractivity contribution in [2.45, 2.75) is 136 Å². The summed E-state index contributed by atoms with van der Waals surface area (Å²) in [6, 6.07) is 57.9. The summed E-state index contributed by atoms with van der Waals surface area (Å²) in [6.07, 6.45) is 4.80. The second-order valence-electron chi connectivity index (χ2n) is 25.9. The third kappa shape index (κ3) is 6.20. The van der Waals surface area contributed by atoms with Gasteiger partial charge >= 0.3 is 0 Å². The van der Waals surface area contributed by atoms with Crippen molar-refractivity contribution in [3.05, 3.63) is 185 Å². The minimum absolute atomic E-state index is 0.00899. The van der Waals surface area contributed by atoms with Gasteiger partial charge in [-0.3, -0.25) is 0 Å². The van der Waals surface area contributed by atoms with E-state index < -0.39 is 0 Å². The first-order valence-electron chi connectivity index (χ1n) is 27.4. The fourth-order valence-corrected chi connectivity index (χ4v) is 16.2. The second kappa shape index (κ2) is 15.3. The Morgan fingerprint density at radius 3 is 1.78 bits per heavy atom. The van der Waals surface area contributed by atoms with E-state index in [-0.39, 0.29) is 33.9 Å². The van der Waals surface area contributed by atoms with Gasteiger partial charge in [-0.25, -0.2) is 0 Å². The first-order chi connectivity index (χ1) is 35.3. The van der Waals surface area contributed by atoms with Gasteiger partial charge in [0.2, 0.25) is 0 Å². The van der Waals surface area contributed by atoms with Crippen LogP contribution >= 0.6 is 11.3 Å². The Kier molecular flexibility index (Phi) is 9.50. The SMILES string of the molecule is Cc1cc(C)c2c(c1)N(c1cc3c4c(c1)N(c1ccc5sc6ccccc6c5c1)c1ccc(C(C)(C)C)cc1B4c1cc(C(C)(C)C)ccc1N3c1ccc3c(c1)C(C)(C)c1ccccc1-3)C1(C)CCCCC21C. The molecule has 74 heavy (non-hydrogen) atoms. The van der Waals surface area contributed by atoms with Crippen LogP contribution in [0.5, 0.6) is 0 Å². The van der Waals surface area contributed by atoms with Crippen LogP contribution in [-0.4, -0.2) is 12.3 Å². The molecule has 1 fully saturated rings. The van der Waals surface area contributed by atoms with E-state index in [0.717, 1.165) is 6.42 Å². The lowest BCUT2D eigenvalue weighted by Gasteiger charge is -2.51. The van der Waals surface area contributed by atoms with Crippen molar-refractivity contribution < 1.29 is 0 Å². The fraction of sp³-hybridized carbons (Fsp3) is 0.304.